The van der Waals surface area contributed by atoms with Crippen molar-refractivity contribution in [3.05, 3.63) is 85.0 Å². The lowest BCUT2D eigenvalue weighted by atomic mass is 9.95. The number of hydrogen-bond donors (Lipinski definition) is 2. The van der Waals surface area contributed by atoms with Gasteiger partial charge in [-0.3, -0.25) is 5.01 Å². The lowest BCUT2D eigenvalue weighted by Crippen LogP contribution is -2.57. The quantitative estimate of drug-likeness (QED) is 0.484. The number of aliphatic imine (C=N–C) groups is 2. The Labute approximate surface area is 202 Å². The molecule has 6 heteroatoms. The van der Waals surface area contributed by atoms with Gasteiger partial charge in [0.05, 0.1) is 0 Å². The van der Waals surface area contributed by atoms with Gasteiger partial charge >= 0.3 is 0 Å². The summed E-state index contributed by atoms with van der Waals surface area (Å²) in [6, 6.07) is 18.1. The lowest BCUT2D eigenvalue weighted by molar-refractivity contribution is 0.222. The normalized spacial score (nSPS) is 20.4. The third kappa shape index (κ3) is 4.31. The predicted octanol–water partition coefficient (Wildman–Crippen LogP) is 4.28. The number of fused-ring (bicyclic) bond motifs is 3. The first-order valence-electron chi connectivity index (χ1n) is 12.3. The second kappa shape index (κ2) is 9.95. The van der Waals surface area contributed by atoms with Crippen LogP contribution in [-0.2, 0) is 0 Å². The number of likely N-dealkylation sites (tertiary alicyclic amines) is 1. The molecule has 34 heavy (non-hydrogen) atoms. The molecule has 176 valence electrons. The number of hydrogen-bond acceptors (Lipinski definition) is 6. The van der Waals surface area contributed by atoms with E-state index in [2.05, 4.69) is 76.9 Å². The van der Waals surface area contributed by atoms with Gasteiger partial charge in [0.2, 0.25) is 5.96 Å². The number of nitrogens with zero attached hydrogens (tertiary/aromatic N) is 4. The Bertz CT molecular complexity index is 1070. The summed E-state index contributed by atoms with van der Waals surface area (Å²) in [6.07, 6.45) is 7.00. The maximum Gasteiger partial charge on any atom is 0.219 e. The van der Waals surface area contributed by atoms with Crippen molar-refractivity contribution in [2.24, 2.45) is 15.8 Å². The third-order valence-electron chi connectivity index (χ3n) is 7.13. The first-order chi connectivity index (χ1) is 16.7. The molecule has 0 aromatic heterocycles. The Hall–Kier alpha value is -3.22. The predicted molar refractivity (Wildman–Crippen MR) is 141 cm³/mol. The molecule has 2 aromatic rings. The number of hydrazine groups is 1. The van der Waals surface area contributed by atoms with Gasteiger partial charge in [0.15, 0.2) is 0 Å². The molecule has 3 N–H and O–H groups in total. The van der Waals surface area contributed by atoms with Crippen LogP contribution in [0.25, 0.3) is 11.1 Å². The largest absolute Gasteiger partial charge is 0.341 e. The van der Waals surface area contributed by atoms with Crippen molar-refractivity contribution in [2.75, 3.05) is 19.6 Å². The Morgan fingerprint density at radius 3 is 2.24 bits per heavy atom. The zero-order chi connectivity index (χ0) is 23.5. The molecule has 1 unspecified atom stereocenters. The molecule has 0 spiro atoms. The van der Waals surface area contributed by atoms with Crippen LogP contribution in [0.2, 0.25) is 0 Å². The fraction of sp³-hybridized carbons (Fsp3) is 0.357. The van der Waals surface area contributed by atoms with Crippen LogP contribution in [0.15, 0.2) is 83.8 Å². The zero-order valence-corrected chi connectivity index (χ0v) is 19.7. The van der Waals surface area contributed by atoms with Crippen LogP contribution < -0.4 is 11.2 Å². The van der Waals surface area contributed by atoms with Gasteiger partial charge in [0.1, 0.15) is 12.0 Å². The summed E-state index contributed by atoms with van der Waals surface area (Å²) in [6.45, 7) is 10.5. The van der Waals surface area contributed by atoms with Crippen LogP contribution >= 0.6 is 0 Å². The first-order valence-corrected chi connectivity index (χ1v) is 12.3. The third-order valence-corrected chi connectivity index (χ3v) is 7.13. The highest BCUT2D eigenvalue weighted by Gasteiger charge is 2.32. The molecule has 5 rings (SSSR count). The highest BCUT2D eigenvalue weighted by molar-refractivity contribution is 5.98. The molecule has 2 aromatic carbocycles. The van der Waals surface area contributed by atoms with Crippen molar-refractivity contribution in [2.45, 2.75) is 43.8 Å². The van der Waals surface area contributed by atoms with E-state index in [-0.39, 0.29) is 6.17 Å². The number of guanidine groups is 1. The number of benzene rings is 2. The maximum atomic E-state index is 6.43. The van der Waals surface area contributed by atoms with E-state index < -0.39 is 0 Å². The Kier molecular flexibility index (Phi) is 6.61. The van der Waals surface area contributed by atoms with Crippen LogP contribution in [0.1, 0.15) is 42.7 Å². The Balaban J connectivity index is 1.22. The van der Waals surface area contributed by atoms with E-state index in [0.717, 1.165) is 44.3 Å². The molecule has 0 bridgehead atoms. The van der Waals surface area contributed by atoms with Gasteiger partial charge in [-0.05, 0) is 35.1 Å². The molecule has 6 nitrogen and oxygen atoms in total. The van der Waals surface area contributed by atoms with E-state index in [0.29, 0.717) is 24.8 Å². The van der Waals surface area contributed by atoms with Gasteiger partial charge in [-0.15, -0.1) is 13.2 Å². The van der Waals surface area contributed by atoms with Crippen LogP contribution in [-0.4, -0.2) is 53.5 Å². The molecule has 1 fully saturated rings. The summed E-state index contributed by atoms with van der Waals surface area (Å²) in [5.74, 6) is 8.44. The molecule has 0 saturated carbocycles. The average Bonchev–Trinajstić information content (AvgIpc) is 3.19. The fourth-order valence-electron chi connectivity index (χ4n) is 5.39. The van der Waals surface area contributed by atoms with E-state index in [9.17, 15) is 0 Å². The lowest BCUT2D eigenvalue weighted by Gasteiger charge is -2.40. The Morgan fingerprint density at radius 2 is 1.62 bits per heavy atom. The minimum atomic E-state index is -0.154. The van der Waals surface area contributed by atoms with E-state index >= 15 is 0 Å². The molecule has 1 aliphatic carbocycles. The van der Waals surface area contributed by atoms with Gasteiger partial charge in [0, 0.05) is 44.4 Å². The van der Waals surface area contributed by atoms with Crippen LogP contribution in [0.3, 0.4) is 0 Å². The van der Waals surface area contributed by atoms with Gasteiger partial charge in [-0.25, -0.2) is 10.8 Å². The SMILES string of the molecule is C=CCC1=NC(CC=C)N(N)C(N2CCC(NCC3c4ccccc4-c4ccccc43)CC2)=N1. The summed E-state index contributed by atoms with van der Waals surface area (Å²) >= 11 is 0. The van der Waals surface area contributed by atoms with E-state index in [1.54, 1.807) is 5.01 Å². The molecule has 2 heterocycles. The topological polar surface area (TPSA) is 69.2 Å². The summed E-state index contributed by atoms with van der Waals surface area (Å²) < 4.78 is 0. The molecule has 1 saturated heterocycles. The smallest absolute Gasteiger partial charge is 0.219 e. The summed E-state index contributed by atoms with van der Waals surface area (Å²) in [5.41, 5.74) is 5.63. The summed E-state index contributed by atoms with van der Waals surface area (Å²) in [7, 11) is 0. The maximum absolute atomic E-state index is 6.43. The molecule has 3 aliphatic rings. The van der Waals surface area contributed by atoms with E-state index in [4.69, 9.17) is 10.8 Å². The van der Waals surface area contributed by atoms with Crippen LogP contribution in [0.5, 0.6) is 0 Å². The molecule has 0 radical (unpaired) electrons. The average molecular weight is 455 g/mol. The molecule has 1 atom stereocenters. The second-order valence-corrected chi connectivity index (χ2v) is 9.26. The van der Waals surface area contributed by atoms with Gasteiger partial charge in [0.25, 0.3) is 0 Å². The number of nitrogens with two attached hydrogens (primary N) is 1. The van der Waals surface area contributed by atoms with Gasteiger partial charge in [-0.2, -0.15) is 4.99 Å². The second-order valence-electron chi connectivity index (χ2n) is 9.26. The number of amidine groups is 1. The molecule has 0 amide bonds. The monoisotopic (exact) mass is 454 g/mol. The number of piperidine rings is 1. The van der Waals surface area contributed by atoms with Crippen molar-refractivity contribution in [3.63, 3.8) is 0 Å². The Morgan fingerprint density at radius 1 is 0.971 bits per heavy atom. The van der Waals surface area contributed by atoms with Crippen molar-refractivity contribution < 1.29 is 0 Å². The molecular formula is C28H34N6. The highest BCUT2D eigenvalue weighted by atomic mass is 15.6. The van der Waals surface area contributed by atoms with Crippen molar-refractivity contribution in [1.29, 1.82) is 0 Å². The minimum absolute atomic E-state index is 0.154. The highest BCUT2D eigenvalue weighted by Crippen LogP contribution is 2.44. The van der Waals surface area contributed by atoms with E-state index in [1.807, 2.05) is 12.2 Å². The summed E-state index contributed by atoms with van der Waals surface area (Å²) in [5, 5.41) is 5.58. The summed E-state index contributed by atoms with van der Waals surface area (Å²) in [4.78, 5) is 11.7. The van der Waals surface area contributed by atoms with Crippen LogP contribution in [0, 0.1) is 0 Å². The number of rotatable bonds is 7. The minimum Gasteiger partial charge on any atom is -0.341 e. The van der Waals surface area contributed by atoms with E-state index in [1.165, 1.54) is 22.3 Å². The molecule has 2 aliphatic heterocycles. The number of nitrogens with one attached hydrogen (secondary N) is 1. The zero-order valence-electron chi connectivity index (χ0n) is 19.7. The fourth-order valence-corrected chi connectivity index (χ4v) is 5.39. The van der Waals surface area contributed by atoms with Gasteiger partial charge < -0.3 is 10.2 Å². The molecular weight excluding hydrogens is 420 g/mol. The standard InChI is InChI=1S/C28H34N6/c1-3-9-26-31-27(10-4-2)34(29)28(32-26)33-17-15-20(16-18-33)30-19-25-23-13-7-5-11-21(23)22-12-6-8-14-24(22)25/h3-8,11-14,20,25,27,30H,1-2,9-10,15-19,29H2. The first kappa shape index (κ1) is 22.6. The van der Waals surface area contributed by atoms with Crippen molar-refractivity contribution in [1.82, 2.24) is 15.2 Å². The van der Waals surface area contributed by atoms with Crippen molar-refractivity contribution in [3.8, 4) is 11.1 Å². The van der Waals surface area contributed by atoms with Crippen molar-refractivity contribution >= 4 is 11.8 Å². The van der Waals surface area contributed by atoms with Gasteiger partial charge in [-0.1, -0.05) is 60.7 Å². The van der Waals surface area contributed by atoms with Crippen LogP contribution in [0.4, 0.5) is 0 Å².